The van der Waals surface area contributed by atoms with Gasteiger partial charge in [0.1, 0.15) is 28.9 Å². The Balaban J connectivity index is 1.53. The lowest BCUT2D eigenvalue weighted by molar-refractivity contribution is -0.132. The van der Waals surface area contributed by atoms with Crippen molar-refractivity contribution in [1.82, 2.24) is 50.5 Å². The van der Waals surface area contributed by atoms with E-state index in [0.717, 1.165) is 12.8 Å². The molecule has 0 radical (unpaired) electrons. The molecule has 2 aromatic rings. The van der Waals surface area contributed by atoms with Gasteiger partial charge < -0.3 is 20.7 Å². The van der Waals surface area contributed by atoms with Crippen LogP contribution < -0.4 is 16.0 Å². The van der Waals surface area contributed by atoms with Crippen LogP contribution in [0.2, 0.25) is 0 Å². The number of amides is 3. The zero-order valence-electron chi connectivity index (χ0n) is 43.5. The van der Waals surface area contributed by atoms with Crippen molar-refractivity contribution < 1.29 is 43.2 Å². The maximum Gasteiger partial charge on any atom is 0.234 e. The minimum atomic E-state index is -0.816. The van der Waals surface area contributed by atoms with Crippen LogP contribution in [-0.2, 0) is 62.5 Å². The minimum Gasteiger partial charge on any atom is -0.356 e. The van der Waals surface area contributed by atoms with Gasteiger partial charge in [-0.05, 0) is 126 Å². The molecule has 72 heavy (non-hydrogen) atoms. The molecule has 2 heterocycles. The predicted molar refractivity (Wildman–Crippen MR) is 283 cm³/mol. The third kappa shape index (κ3) is 27.4. The second kappa shape index (κ2) is 34.7. The summed E-state index contributed by atoms with van der Waals surface area (Å²) in [4.78, 5) is 122. The second-order valence-electron chi connectivity index (χ2n) is 19.4. The number of unbranched alkanes of at least 4 members (excludes halogenated alkanes) is 2. The van der Waals surface area contributed by atoms with Gasteiger partial charge in [0.2, 0.25) is 17.7 Å². The summed E-state index contributed by atoms with van der Waals surface area (Å²) >= 11 is 2.26. The zero-order valence-corrected chi connectivity index (χ0v) is 45.7. The smallest absolute Gasteiger partial charge is 0.234 e. The summed E-state index contributed by atoms with van der Waals surface area (Å²) in [7, 11) is 0. The van der Waals surface area contributed by atoms with Gasteiger partial charge in [-0.15, -0.1) is 5.10 Å². The van der Waals surface area contributed by atoms with Crippen LogP contribution in [0.1, 0.15) is 117 Å². The Kier molecular flexibility index (Phi) is 29.7. The number of hydrogen-bond acceptors (Lipinski definition) is 15. The highest BCUT2D eigenvalue weighted by atomic mass is 127. The van der Waals surface area contributed by atoms with E-state index in [1.54, 1.807) is 31.6 Å². The van der Waals surface area contributed by atoms with Gasteiger partial charge in [-0.3, -0.25) is 58.0 Å². The molecule has 0 aliphatic carbocycles. The van der Waals surface area contributed by atoms with E-state index in [-0.39, 0.29) is 91.8 Å². The lowest BCUT2D eigenvalue weighted by atomic mass is 9.93. The number of nitrogens with one attached hydrogen (secondary N) is 3. The summed E-state index contributed by atoms with van der Waals surface area (Å²) in [5.41, 5.74) is 1.83. The molecule has 3 amide bonds. The quantitative estimate of drug-likeness (QED) is 0.0689. The number of rotatable bonds is 33. The molecular formula is C52H81IN10O9. The number of carbonyl (C=O) groups excluding carboxylic acids is 9. The number of halogens is 1. The average molecular weight is 1120 g/mol. The third-order valence-corrected chi connectivity index (χ3v) is 13.3. The van der Waals surface area contributed by atoms with E-state index in [4.69, 9.17) is 0 Å². The summed E-state index contributed by atoms with van der Waals surface area (Å²) in [5.74, 6) is -1.68. The van der Waals surface area contributed by atoms with Crippen molar-refractivity contribution in [2.75, 3.05) is 91.6 Å². The van der Waals surface area contributed by atoms with Crippen molar-refractivity contribution in [2.45, 2.75) is 131 Å². The van der Waals surface area contributed by atoms with Crippen LogP contribution in [-0.4, -0.2) is 185 Å². The highest BCUT2D eigenvalue weighted by Crippen LogP contribution is 2.17. The van der Waals surface area contributed by atoms with Crippen LogP contribution in [0.5, 0.6) is 0 Å². The lowest BCUT2D eigenvalue weighted by Gasteiger charge is -2.33. The summed E-state index contributed by atoms with van der Waals surface area (Å²) in [6.07, 6.45) is 7.25. The maximum atomic E-state index is 13.9. The number of aromatic nitrogens is 3. The Morgan fingerprint density at radius 3 is 1.65 bits per heavy atom. The first-order chi connectivity index (χ1) is 34.4. The van der Waals surface area contributed by atoms with Crippen molar-refractivity contribution in [1.29, 1.82) is 0 Å². The Morgan fingerprint density at radius 2 is 1.12 bits per heavy atom. The van der Waals surface area contributed by atoms with E-state index < -0.39 is 17.9 Å². The molecule has 0 spiro atoms. The summed E-state index contributed by atoms with van der Waals surface area (Å²) in [6.45, 7) is 14.4. The number of benzene rings is 1. The topological polar surface area (TPSA) is 233 Å². The second-order valence-corrected chi connectivity index (χ2v) is 20.7. The molecule has 19 nitrogen and oxygen atoms in total. The van der Waals surface area contributed by atoms with Crippen LogP contribution in [0.3, 0.4) is 0 Å². The molecule has 1 aliphatic heterocycles. The fourth-order valence-electron chi connectivity index (χ4n) is 8.64. The Labute approximate surface area is 440 Å². The number of Topliss-reactive ketones (excluding diaryl/α,β-unsaturated/α-hetero) is 6. The minimum absolute atomic E-state index is 0.0180. The summed E-state index contributed by atoms with van der Waals surface area (Å²) in [5, 5.41) is 17.2. The first-order valence-electron chi connectivity index (χ1n) is 25.7. The molecule has 0 saturated carbocycles. The number of carbonyl (C=O) groups is 9. The van der Waals surface area contributed by atoms with E-state index in [1.165, 1.54) is 23.0 Å². The highest BCUT2D eigenvalue weighted by molar-refractivity contribution is 14.1. The normalized spacial score (nSPS) is 15.4. The Morgan fingerprint density at radius 1 is 0.597 bits per heavy atom. The van der Waals surface area contributed by atoms with Gasteiger partial charge in [0.15, 0.2) is 5.78 Å². The summed E-state index contributed by atoms with van der Waals surface area (Å²) in [6, 6.07) is 7.48. The third-order valence-electron chi connectivity index (χ3n) is 12.6. The molecule has 1 aromatic carbocycles. The van der Waals surface area contributed by atoms with Gasteiger partial charge in [0, 0.05) is 108 Å². The van der Waals surface area contributed by atoms with Crippen molar-refractivity contribution in [3.8, 4) is 0 Å². The van der Waals surface area contributed by atoms with E-state index in [9.17, 15) is 43.2 Å². The first kappa shape index (κ1) is 61.7. The zero-order chi connectivity index (χ0) is 52.8. The SMILES string of the molecule is CC(=O)CCCC(=O)CC(Cc1cnnn1CCCCNC(=O)CN1CCN(CC(C)=O)CCN(CC(C)=O)CCN(CC(C)=O)CC1)C(=O)NC(CCCCNC(=O)CCCc1ccc(I)cc1)C(C)=O. The van der Waals surface area contributed by atoms with Crippen LogP contribution in [0.15, 0.2) is 30.5 Å². The first-order valence-corrected chi connectivity index (χ1v) is 26.8. The van der Waals surface area contributed by atoms with Crippen LogP contribution in [0.4, 0.5) is 0 Å². The highest BCUT2D eigenvalue weighted by Gasteiger charge is 2.28. The lowest BCUT2D eigenvalue weighted by Crippen LogP contribution is -2.49. The molecule has 1 fully saturated rings. The number of ketones is 6. The van der Waals surface area contributed by atoms with Crippen LogP contribution >= 0.6 is 22.6 Å². The molecule has 3 N–H and O–H groups in total. The van der Waals surface area contributed by atoms with Crippen molar-refractivity contribution >= 4 is 75.0 Å². The largest absolute Gasteiger partial charge is 0.356 e. The monoisotopic (exact) mass is 1120 g/mol. The molecule has 1 aliphatic rings. The molecule has 0 bridgehead atoms. The Bertz CT molecular complexity index is 2030. The van der Waals surface area contributed by atoms with Crippen molar-refractivity contribution in [3.05, 3.63) is 45.3 Å². The predicted octanol–water partition coefficient (Wildman–Crippen LogP) is 3.03. The molecule has 400 valence electrons. The van der Waals surface area contributed by atoms with E-state index in [2.05, 4.69) is 87.8 Å². The van der Waals surface area contributed by atoms with Crippen molar-refractivity contribution in [3.63, 3.8) is 0 Å². The molecule has 20 heteroatoms. The number of hydrogen-bond donors (Lipinski definition) is 3. The van der Waals surface area contributed by atoms with Gasteiger partial charge in [-0.1, -0.05) is 17.3 Å². The Hall–Kier alpha value is -4.64. The van der Waals surface area contributed by atoms with Gasteiger partial charge in [0.25, 0.3) is 0 Å². The molecule has 1 saturated heterocycles. The molecule has 2 atom stereocenters. The fourth-order valence-corrected chi connectivity index (χ4v) is 9.00. The maximum absolute atomic E-state index is 13.9. The number of nitrogens with zero attached hydrogens (tertiary/aromatic N) is 7. The molecule has 2 unspecified atom stereocenters. The van der Waals surface area contributed by atoms with E-state index in [0.29, 0.717) is 129 Å². The summed E-state index contributed by atoms with van der Waals surface area (Å²) < 4.78 is 2.86. The van der Waals surface area contributed by atoms with Crippen LogP contribution in [0, 0.1) is 9.49 Å². The molecule has 3 rings (SSSR count). The molecular weight excluding hydrogens is 1040 g/mol. The van der Waals surface area contributed by atoms with Gasteiger partial charge >= 0.3 is 0 Å². The van der Waals surface area contributed by atoms with Crippen molar-refractivity contribution in [2.24, 2.45) is 5.92 Å². The average Bonchev–Trinajstić information content (AvgIpc) is 3.75. The number of aryl methyl sites for hydroxylation is 2. The standard InChI is InChI=1S/C52H81IN10O9/c1-39(64)12-10-14-48(69)33-45(52(72)57-49(43(5)68)15-6-7-21-54-50(70)16-11-13-44-17-19-46(53)20-18-44)32-47-34-56-58-63(47)23-9-8-22-55-51(71)38-62-30-28-60(36-41(3)66)26-24-59(35-40(2)65)25-27-61(29-31-62)37-42(4)67/h17-20,34,45,49H,6-16,21-33,35-38H2,1-5H3,(H,54,70)(H,55,71)(H,57,72). The van der Waals surface area contributed by atoms with E-state index >= 15 is 0 Å². The van der Waals surface area contributed by atoms with Gasteiger partial charge in [-0.25, -0.2) is 4.68 Å². The fraction of sp³-hybridized carbons (Fsp3) is 0.673. The van der Waals surface area contributed by atoms with E-state index in [1.807, 2.05) is 4.90 Å². The van der Waals surface area contributed by atoms with Gasteiger partial charge in [-0.2, -0.15) is 0 Å². The molecule has 1 aromatic heterocycles. The van der Waals surface area contributed by atoms with Gasteiger partial charge in [0.05, 0.1) is 50.0 Å². The van der Waals surface area contributed by atoms with Crippen LogP contribution in [0.25, 0.3) is 0 Å².